The number of nitrogens with zero attached hydrogens (tertiary/aromatic N) is 2. The van der Waals surface area contributed by atoms with Crippen LogP contribution < -0.4 is 10.6 Å². The number of carbonyl (C=O) groups excluding carboxylic acids is 3. The molecule has 0 spiro atoms. The average molecular weight is 425 g/mol. The summed E-state index contributed by atoms with van der Waals surface area (Å²) in [5, 5.41) is 5.62. The molecule has 166 valence electrons. The molecule has 2 aromatic carbocycles. The molecule has 0 bridgehead atoms. The third-order valence-electron chi connectivity index (χ3n) is 4.90. The molecule has 1 unspecified atom stereocenters. The molecule has 2 N–H and O–H groups in total. The van der Waals surface area contributed by atoms with Gasteiger partial charge in [0.05, 0.1) is 0 Å². The first-order valence-electron chi connectivity index (χ1n) is 10.6. The molecule has 7 heteroatoms. The minimum atomic E-state index is -0.607. The molecule has 0 aliphatic carbocycles. The lowest BCUT2D eigenvalue weighted by molar-refractivity contribution is -0.138. The van der Waals surface area contributed by atoms with Crippen LogP contribution in [0.4, 0.5) is 10.5 Å². The van der Waals surface area contributed by atoms with Gasteiger partial charge in [-0.2, -0.15) is 0 Å². The van der Waals surface area contributed by atoms with Crippen molar-refractivity contribution in [3.63, 3.8) is 0 Å². The van der Waals surface area contributed by atoms with Crippen molar-refractivity contribution in [3.05, 3.63) is 66.2 Å². The van der Waals surface area contributed by atoms with Crippen LogP contribution in [0.2, 0.25) is 0 Å². The van der Waals surface area contributed by atoms with Gasteiger partial charge in [0.2, 0.25) is 11.8 Å². The van der Waals surface area contributed by atoms with E-state index >= 15 is 0 Å². The van der Waals surface area contributed by atoms with Gasteiger partial charge in [-0.15, -0.1) is 0 Å². The zero-order valence-electron chi connectivity index (χ0n) is 18.5. The summed E-state index contributed by atoms with van der Waals surface area (Å²) < 4.78 is 0. The zero-order valence-corrected chi connectivity index (χ0v) is 18.5. The Morgan fingerprint density at radius 2 is 1.58 bits per heavy atom. The number of anilines is 1. The number of amides is 4. The maximum atomic E-state index is 12.8. The molecule has 0 fully saturated rings. The summed E-state index contributed by atoms with van der Waals surface area (Å²) >= 11 is 0. The van der Waals surface area contributed by atoms with Gasteiger partial charge in [0, 0.05) is 38.8 Å². The minimum absolute atomic E-state index is 0.133. The second kappa shape index (κ2) is 12.4. The van der Waals surface area contributed by atoms with Gasteiger partial charge in [0.1, 0.15) is 6.04 Å². The van der Waals surface area contributed by atoms with Gasteiger partial charge in [0.25, 0.3) is 0 Å². The molecule has 0 saturated carbocycles. The van der Waals surface area contributed by atoms with Crippen LogP contribution in [-0.2, 0) is 16.1 Å². The highest BCUT2D eigenvalue weighted by molar-refractivity contribution is 5.96. The first-order chi connectivity index (χ1) is 14.9. The average Bonchev–Trinajstić information content (AvgIpc) is 2.78. The molecule has 0 heterocycles. The van der Waals surface area contributed by atoms with E-state index in [0.717, 1.165) is 12.0 Å². The highest BCUT2D eigenvalue weighted by Gasteiger charge is 2.25. The van der Waals surface area contributed by atoms with Gasteiger partial charge in [0.15, 0.2) is 0 Å². The lowest BCUT2D eigenvalue weighted by atomic mass is 10.2. The Hall–Kier alpha value is -3.35. The predicted molar refractivity (Wildman–Crippen MR) is 122 cm³/mol. The predicted octanol–water partition coefficient (Wildman–Crippen LogP) is 3.48. The molecule has 31 heavy (non-hydrogen) atoms. The summed E-state index contributed by atoms with van der Waals surface area (Å²) in [6.45, 7) is 4.86. The monoisotopic (exact) mass is 424 g/mol. The fourth-order valence-electron chi connectivity index (χ4n) is 3.17. The first-order valence-corrected chi connectivity index (χ1v) is 10.6. The van der Waals surface area contributed by atoms with Crippen LogP contribution in [0.25, 0.3) is 0 Å². The van der Waals surface area contributed by atoms with Crippen LogP contribution in [0.5, 0.6) is 0 Å². The second-order valence-electron chi connectivity index (χ2n) is 7.44. The van der Waals surface area contributed by atoms with Crippen LogP contribution in [0, 0.1) is 0 Å². The Balaban J connectivity index is 1.84. The first kappa shape index (κ1) is 23.9. The number of hydrogen-bond donors (Lipinski definition) is 2. The number of carbonyl (C=O) groups is 3. The largest absolute Gasteiger partial charge is 0.337 e. The van der Waals surface area contributed by atoms with Crippen LogP contribution in [0.1, 0.15) is 32.3 Å². The summed E-state index contributed by atoms with van der Waals surface area (Å²) in [5.41, 5.74) is 1.72. The van der Waals surface area contributed by atoms with E-state index in [1.165, 1.54) is 0 Å². The van der Waals surface area contributed by atoms with Gasteiger partial charge in [-0.05, 0) is 31.0 Å². The van der Waals surface area contributed by atoms with Crippen LogP contribution >= 0.6 is 0 Å². The van der Waals surface area contributed by atoms with E-state index in [1.807, 2.05) is 55.5 Å². The maximum Gasteiger partial charge on any atom is 0.317 e. The van der Waals surface area contributed by atoms with Crippen LogP contribution in [0.15, 0.2) is 60.7 Å². The van der Waals surface area contributed by atoms with Crippen molar-refractivity contribution in [3.8, 4) is 0 Å². The molecule has 0 saturated heterocycles. The molecule has 0 aliphatic rings. The van der Waals surface area contributed by atoms with Crippen LogP contribution in [-0.4, -0.2) is 53.8 Å². The summed E-state index contributed by atoms with van der Waals surface area (Å²) in [4.78, 5) is 40.8. The minimum Gasteiger partial charge on any atom is -0.337 e. The van der Waals surface area contributed by atoms with Gasteiger partial charge in [-0.1, -0.05) is 55.5 Å². The van der Waals surface area contributed by atoms with Crippen molar-refractivity contribution in [1.82, 2.24) is 15.1 Å². The second-order valence-corrected chi connectivity index (χ2v) is 7.44. The fraction of sp³-hybridized carbons (Fsp3) is 0.375. The third kappa shape index (κ3) is 7.77. The van der Waals surface area contributed by atoms with E-state index in [0.29, 0.717) is 18.8 Å². The summed E-state index contributed by atoms with van der Waals surface area (Å²) in [7, 11) is 1.71. The Morgan fingerprint density at radius 3 is 2.19 bits per heavy atom. The number of hydrogen-bond acceptors (Lipinski definition) is 3. The van der Waals surface area contributed by atoms with Gasteiger partial charge < -0.3 is 20.4 Å². The molecule has 0 aliphatic heterocycles. The molecule has 0 aromatic heterocycles. The van der Waals surface area contributed by atoms with E-state index < -0.39 is 6.04 Å². The van der Waals surface area contributed by atoms with Crippen molar-refractivity contribution in [2.24, 2.45) is 0 Å². The van der Waals surface area contributed by atoms with Gasteiger partial charge in [-0.25, -0.2) is 4.79 Å². The van der Waals surface area contributed by atoms with E-state index in [9.17, 15) is 14.4 Å². The zero-order chi connectivity index (χ0) is 22.6. The number of nitrogens with one attached hydrogen (secondary N) is 2. The Bertz CT molecular complexity index is 842. The number of para-hydroxylation sites is 1. The SMILES string of the molecule is CCCN(C(=O)CCNC(=O)N(C)Cc1ccccc1)C(C)C(=O)Nc1ccccc1. The fourth-order valence-corrected chi connectivity index (χ4v) is 3.17. The van der Waals surface area contributed by atoms with Crippen molar-refractivity contribution < 1.29 is 14.4 Å². The highest BCUT2D eigenvalue weighted by atomic mass is 16.2. The quantitative estimate of drug-likeness (QED) is 0.613. The van der Waals surface area contributed by atoms with Crippen LogP contribution in [0.3, 0.4) is 0 Å². The summed E-state index contributed by atoms with van der Waals surface area (Å²) in [6, 6.07) is 18.0. The number of benzene rings is 2. The Morgan fingerprint density at radius 1 is 0.968 bits per heavy atom. The highest BCUT2D eigenvalue weighted by Crippen LogP contribution is 2.10. The van der Waals surface area contributed by atoms with Crippen molar-refractivity contribution >= 4 is 23.5 Å². The van der Waals surface area contributed by atoms with Crippen molar-refractivity contribution in [1.29, 1.82) is 0 Å². The topological polar surface area (TPSA) is 81.8 Å². The lowest BCUT2D eigenvalue weighted by Gasteiger charge is -2.28. The number of urea groups is 1. The Labute approximate surface area is 184 Å². The normalized spacial score (nSPS) is 11.3. The third-order valence-corrected chi connectivity index (χ3v) is 4.90. The van der Waals surface area contributed by atoms with E-state index in [4.69, 9.17) is 0 Å². The molecule has 2 aromatic rings. The van der Waals surface area contributed by atoms with E-state index in [2.05, 4.69) is 10.6 Å². The summed E-state index contributed by atoms with van der Waals surface area (Å²) in [5.74, 6) is -0.400. The molecule has 4 amide bonds. The molecular formula is C24H32N4O3. The molecule has 0 radical (unpaired) electrons. The Kier molecular flexibility index (Phi) is 9.55. The maximum absolute atomic E-state index is 12.8. The standard InChI is InChI=1S/C24H32N4O3/c1-4-17-28(19(2)23(30)26-21-13-9-6-10-14-21)22(29)15-16-25-24(31)27(3)18-20-11-7-5-8-12-20/h5-14,19H,4,15-18H2,1-3H3,(H,25,31)(H,26,30). The smallest absolute Gasteiger partial charge is 0.317 e. The molecular weight excluding hydrogens is 392 g/mol. The van der Waals surface area contributed by atoms with E-state index in [1.54, 1.807) is 35.9 Å². The van der Waals surface area contributed by atoms with Gasteiger partial charge in [-0.3, -0.25) is 9.59 Å². The number of rotatable bonds is 10. The molecule has 1 atom stereocenters. The molecule has 2 rings (SSSR count). The van der Waals surface area contributed by atoms with Crippen molar-refractivity contribution in [2.45, 2.75) is 39.3 Å². The summed E-state index contributed by atoms with van der Waals surface area (Å²) in [6.07, 6.45) is 0.870. The lowest BCUT2D eigenvalue weighted by Crippen LogP contribution is -2.47. The van der Waals surface area contributed by atoms with Gasteiger partial charge >= 0.3 is 6.03 Å². The molecule has 7 nitrogen and oxygen atoms in total. The van der Waals surface area contributed by atoms with E-state index in [-0.39, 0.29) is 30.8 Å². The van der Waals surface area contributed by atoms with Crippen molar-refractivity contribution in [2.75, 3.05) is 25.5 Å².